The number of nitrogens with one attached hydrogen (secondary N) is 1. The molecule has 1 heterocycles. The van der Waals surface area contributed by atoms with Crippen molar-refractivity contribution in [3.63, 3.8) is 0 Å². The Hall–Kier alpha value is -2.37. The smallest absolute Gasteiger partial charge is 0.237 e. The third-order valence-electron chi connectivity index (χ3n) is 4.01. The molecule has 0 aromatic heterocycles. The van der Waals surface area contributed by atoms with Crippen molar-refractivity contribution in [3.8, 4) is 0 Å². The number of halogens is 2. The number of guanidine groups is 1. The number of carbonyl (C=O) groups is 2. The second-order valence-electron chi connectivity index (χ2n) is 5.77. The van der Waals surface area contributed by atoms with Gasteiger partial charge in [-0.25, -0.2) is 0 Å². The van der Waals surface area contributed by atoms with Gasteiger partial charge in [0.1, 0.15) is 0 Å². The Morgan fingerprint density at radius 3 is 2.58 bits per heavy atom. The summed E-state index contributed by atoms with van der Waals surface area (Å²) in [6.07, 6.45) is -0.188. The first-order valence-electron chi connectivity index (χ1n) is 8.01. The van der Waals surface area contributed by atoms with E-state index in [1.54, 1.807) is 30.3 Å². The lowest BCUT2D eigenvalue weighted by Gasteiger charge is -2.20. The molecule has 0 atom stereocenters. The van der Waals surface area contributed by atoms with Gasteiger partial charge in [-0.1, -0.05) is 54.1 Å². The fraction of sp³-hybridized carbons (Fsp3) is 0.211. The number of para-hydroxylation sites is 1. The summed E-state index contributed by atoms with van der Waals surface area (Å²) in [5.74, 6) is -0.0462. The quantitative estimate of drug-likeness (QED) is 0.633. The molecule has 0 aliphatic carbocycles. The number of ketones is 1. The summed E-state index contributed by atoms with van der Waals surface area (Å²) in [6, 6.07) is 14.4. The predicted molar refractivity (Wildman–Crippen MR) is 106 cm³/mol. The lowest BCUT2D eigenvalue weighted by Crippen LogP contribution is -2.39. The lowest BCUT2D eigenvalue weighted by molar-refractivity contribution is -0.126. The molecule has 1 aliphatic rings. The number of aryl methyl sites for hydroxylation is 1. The minimum Gasteiger partial charge on any atom is -0.324 e. The molecule has 26 heavy (non-hydrogen) atoms. The van der Waals surface area contributed by atoms with Crippen LogP contribution in [-0.2, 0) is 4.79 Å². The SMILES string of the molecule is Cc1cccc(Cl)c1NC1=NCCN1C(=O)CC(=O)c1ccccc1.Cl. The van der Waals surface area contributed by atoms with Crippen LogP contribution in [0.15, 0.2) is 53.5 Å². The number of benzene rings is 2. The van der Waals surface area contributed by atoms with E-state index in [1.165, 1.54) is 4.90 Å². The molecule has 1 amide bonds. The van der Waals surface area contributed by atoms with Crippen LogP contribution in [0.5, 0.6) is 0 Å². The maximum atomic E-state index is 12.6. The molecule has 1 N–H and O–H groups in total. The normalized spacial score (nSPS) is 13.0. The highest BCUT2D eigenvalue weighted by atomic mass is 35.5. The summed E-state index contributed by atoms with van der Waals surface area (Å²) in [5, 5.41) is 3.69. The van der Waals surface area contributed by atoms with Crippen LogP contribution in [0, 0.1) is 6.92 Å². The van der Waals surface area contributed by atoms with Crippen molar-refractivity contribution >= 4 is 47.3 Å². The topological polar surface area (TPSA) is 61.8 Å². The van der Waals surface area contributed by atoms with E-state index in [2.05, 4.69) is 10.3 Å². The van der Waals surface area contributed by atoms with E-state index in [0.29, 0.717) is 29.6 Å². The molecule has 1 aliphatic heterocycles. The molecule has 5 nitrogen and oxygen atoms in total. The average Bonchev–Trinajstić information content (AvgIpc) is 3.07. The summed E-state index contributed by atoms with van der Waals surface area (Å²) in [6.45, 7) is 2.87. The zero-order valence-corrected chi connectivity index (χ0v) is 15.8. The summed E-state index contributed by atoms with van der Waals surface area (Å²) in [7, 11) is 0. The van der Waals surface area contributed by atoms with Crippen molar-refractivity contribution in [3.05, 3.63) is 64.7 Å². The molecule has 0 bridgehead atoms. The number of nitrogens with zero attached hydrogens (tertiary/aromatic N) is 2. The predicted octanol–water partition coefficient (Wildman–Crippen LogP) is 3.95. The Kier molecular flexibility index (Phi) is 6.77. The van der Waals surface area contributed by atoms with Gasteiger partial charge in [0.2, 0.25) is 11.9 Å². The van der Waals surface area contributed by atoms with Gasteiger partial charge in [-0.3, -0.25) is 19.5 Å². The Bertz CT molecular complexity index is 818. The van der Waals surface area contributed by atoms with Crippen molar-refractivity contribution in [2.75, 3.05) is 18.4 Å². The highest BCUT2D eigenvalue weighted by Crippen LogP contribution is 2.26. The maximum Gasteiger partial charge on any atom is 0.237 e. The van der Waals surface area contributed by atoms with Crippen LogP contribution >= 0.6 is 24.0 Å². The molecule has 0 spiro atoms. The van der Waals surface area contributed by atoms with Gasteiger partial charge in [0.05, 0.1) is 23.7 Å². The monoisotopic (exact) mass is 391 g/mol. The molecular formula is C19H19Cl2N3O2. The van der Waals surface area contributed by atoms with E-state index >= 15 is 0 Å². The number of rotatable bonds is 4. The van der Waals surface area contributed by atoms with Gasteiger partial charge in [-0.2, -0.15) is 0 Å². The number of amides is 1. The van der Waals surface area contributed by atoms with Crippen molar-refractivity contribution < 1.29 is 9.59 Å². The van der Waals surface area contributed by atoms with Gasteiger partial charge in [0.15, 0.2) is 5.78 Å². The number of Topliss-reactive ketones (excluding diaryl/α,β-unsaturated/α-hetero) is 1. The van der Waals surface area contributed by atoms with E-state index < -0.39 is 0 Å². The van der Waals surface area contributed by atoms with Gasteiger partial charge >= 0.3 is 0 Å². The third-order valence-corrected chi connectivity index (χ3v) is 4.32. The minimum absolute atomic E-state index is 0. The first kappa shape index (κ1) is 19.9. The van der Waals surface area contributed by atoms with Crippen LogP contribution in [0.4, 0.5) is 5.69 Å². The van der Waals surface area contributed by atoms with Crippen molar-refractivity contribution in [2.45, 2.75) is 13.3 Å². The second-order valence-corrected chi connectivity index (χ2v) is 6.18. The molecule has 2 aromatic rings. The molecule has 0 unspecified atom stereocenters. The molecule has 0 radical (unpaired) electrons. The largest absolute Gasteiger partial charge is 0.324 e. The first-order valence-corrected chi connectivity index (χ1v) is 8.39. The molecule has 0 fully saturated rings. The molecule has 136 valence electrons. The van der Waals surface area contributed by atoms with Gasteiger partial charge in [0.25, 0.3) is 0 Å². The zero-order valence-electron chi connectivity index (χ0n) is 14.2. The van der Waals surface area contributed by atoms with E-state index in [-0.39, 0.29) is 30.5 Å². The van der Waals surface area contributed by atoms with Gasteiger partial charge in [-0.15, -0.1) is 12.4 Å². The fourth-order valence-corrected chi connectivity index (χ4v) is 2.93. The fourth-order valence-electron chi connectivity index (χ4n) is 2.66. The van der Waals surface area contributed by atoms with E-state index in [9.17, 15) is 9.59 Å². The number of hydrogen-bond donors (Lipinski definition) is 1. The van der Waals surface area contributed by atoms with Crippen molar-refractivity contribution in [2.24, 2.45) is 4.99 Å². The van der Waals surface area contributed by atoms with Crippen LogP contribution in [0.3, 0.4) is 0 Å². The highest BCUT2D eigenvalue weighted by Gasteiger charge is 2.26. The summed E-state index contributed by atoms with van der Waals surface area (Å²) in [4.78, 5) is 30.6. The first-order chi connectivity index (χ1) is 12.1. The molecule has 7 heteroatoms. The second kappa shape index (κ2) is 8.83. The van der Waals surface area contributed by atoms with Crippen LogP contribution < -0.4 is 5.32 Å². The average molecular weight is 392 g/mol. The van der Waals surface area contributed by atoms with Crippen LogP contribution in [0.2, 0.25) is 5.02 Å². The van der Waals surface area contributed by atoms with Gasteiger partial charge in [-0.05, 0) is 18.6 Å². The molecular weight excluding hydrogens is 373 g/mol. The Labute approximate surface area is 163 Å². The molecule has 3 rings (SSSR count). The summed E-state index contributed by atoms with van der Waals surface area (Å²) in [5.41, 5.74) is 2.20. The Balaban J connectivity index is 0.00000243. The van der Waals surface area contributed by atoms with Crippen LogP contribution in [0.1, 0.15) is 22.3 Å². The lowest BCUT2D eigenvalue weighted by atomic mass is 10.1. The molecule has 0 saturated heterocycles. The van der Waals surface area contributed by atoms with Crippen LogP contribution in [0.25, 0.3) is 0 Å². The van der Waals surface area contributed by atoms with E-state index in [0.717, 1.165) is 11.3 Å². The minimum atomic E-state index is -0.276. The third kappa shape index (κ3) is 4.42. The summed E-state index contributed by atoms with van der Waals surface area (Å²) >= 11 is 6.22. The molecule has 2 aromatic carbocycles. The van der Waals surface area contributed by atoms with Crippen LogP contribution in [-0.4, -0.2) is 35.6 Å². The summed E-state index contributed by atoms with van der Waals surface area (Å²) < 4.78 is 0. The highest BCUT2D eigenvalue weighted by molar-refractivity contribution is 6.34. The Morgan fingerprint density at radius 2 is 1.88 bits per heavy atom. The maximum absolute atomic E-state index is 12.6. The number of aliphatic imine (C=N–C) groups is 1. The van der Waals surface area contributed by atoms with E-state index in [4.69, 9.17) is 11.6 Å². The zero-order chi connectivity index (χ0) is 17.8. The van der Waals surface area contributed by atoms with Gasteiger partial charge in [0, 0.05) is 12.1 Å². The number of carbonyl (C=O) groups excluding carboxylic acids is 2. The number of anilines is 1. The molecule has 0 saturated carbocycles. The van der Waals surface area contributed by atoms with E-state index in [1.807, 2.05) is 25.1 Å². The van der Waals surface area contributed by atoms with Crippen molar-refractivity contribution in [1.82, 2.24) is 4.90 Å². The van der Waals surface area contributed by atoms with Crippen molar-refractivity contribution in [1.29, 1.82) is 0 Å². The number of hydrogen-bond acceptors (Lipinski definition) is 4. The standard InChI is InChI=1S/C19H18ClN3O2.ClH/c1-13-6-5-9-15(20)18(13)22-19-21-10-11-23(19)17(25)12-16(24)14-7-3-2-4-8-14;/h2-9H,10-12H2,1H3,(H,21,22);1H. The Morgan fingerprint density at radius 1 is 1.15 bits per heavy atom. The van der Waals surface area contributed by atoms with Gasteiger partial charge < -0.3 is 5.32 Å².